The lowest BCUT2D eigenvalue weighted by Gasteiger charge is -2.46. The van der Waals surface area contributed by atoms with Gasteiger partial charge in [0.25, 0.3) is 0 Å². The van der Waals surface area contributed by atoms with Crippen LogP contribution < -0.4 is 0 Å². The summed E-state index contributed by atoms with van der Waals surface area (Å²) in [4.78, 5) is 4.65. The van der Waals surface area contributed by atoms with Crippen LogP contribution in [0.4, 0.5) is 0 Å². The number of rotatable bonds is 2. The van der Waals surface area contributed by atoms with E-state index in [0.717, 1.165) is 28.9 Å². The van der Waals surface area contributed by atoms with Crippen LogP contribution in [0.2, 0.25) is 0 Å². The second-order valence-electron chi connectivity index (χ2n) is 6.52. The monoisotopic (exact) mass is 295 g/mol. The summed E-state index contributed by atoms with van der Waals surface area (Å²) in [5, 5.41) is 12.1. The summed E-state index contributed by atoms with van der Waals surface area (Å²) in [7, 11) is 0. The molecule has 3 aromatic rings. The topological polar surface area (TPSA) is 69.1 Å². The van der Waals surface area contributed by atoms with Crippen molar-refractivity contribution < 1.29 is 4.52 Å². The van der Waals surface area contributed by atoms with Gasteiger partial charge in [-0.3, -0.25) is 4.40 Å². The predicted molar refractivity (Wildman–Crippen MR) is 79.1 cm³/mol. The molecule has 6 heteroatoms. The van der Waals surface area contributed by atoms with Crippen molar-refractivity contribution in [1.29, 1.82) is 0 Å². The molecule has 0 N–H and O–H groups in total. The fourth-order valence-electron chi connectivity index (χ4n) is 4.11. The highest BCUT2D eigenvalue weighted by atomic mass is 16.5. The lowest BCUT2D eigenvalue weighted by Crippen LogP contribution is -2.37. The third-order valence-electron chi connectivity index (χ3n) is 5.35. The van der Waals surface area contributed by atoms with Gasteiger partial charge in [0, 0.05) is 17.7 Å². The van der Waals surface area contributed by atoms with Crippen molar-refractivity contribution in [2.24, 2.45) is 11.8 Å². The molecule has 0 bridgehead atoms. The Labute approximate surface area is 127 Å². The van der Waals surface area contributed by atoms with Crippen LogP contribution >= 0.6 is 0 Å². The van der Waals surface area contributed by atoms with Gasteiger partial charge in [0.1, 0.15) is 6.33 Å². The van der Waals surface area contributed by atoms with Gasteiger partial charge in [0.05, 0.1) is 0 Å². The molecule has 5 rings (SSSR count). The molecule has 0 spiro atoms. The second kappa shape index (κ2) is 4.63. The molecule has 2 aliphatic carbocycles. The summed E-state index contributed by atoms with van der Waals surface area (Å²) in [6.45, 7) is 0. The normalized spacial score (nSPS) is 27.5. The zero-order valence-corrected chi connectivity index (χ0v) is 12.2. The SMILES string of the molecule is c1cc2nncn2cc1-c1noc([C@H]2C[C@H]3CCCC[C@H]32)n1. The van der Waals surface area contributed by atoms with E-state index >= 15 is 0 Å². The Kier molecular flexibility index (Phi) is 2.59. The molecule has 3 aromatic heterocycles. The van der Waals surface area contributed by atoms with E-state index in [-0.39, 0.29) is 0 Å². The Morgan fingerprint density at radius 3 is 3.09 bits per heavy atom. The van der Waals surface area contributed by atoms with Crippen LogP contribution in [0.25, 0.3) is 17.0 Å². The average molecular weight is 295 g/mol. The first-order valence-electron chi connectivity index (χ1n) is 8.02. The first-order chi connectivity index (χ1) is 10.9. The van der Waals surface area contributed by atoms with E-state index in [9.17, 15) is 0 Å². The van der Waals surface area contributed by atoms with Crippen molar-refractivity contribution in [2.45, 2.75) is 38.0 Å². The quantitative estimate of drug-likeness (QED) is 0.726. The summed E-state index contributed by atoms with van der Waals surface area (Å²) in [6, 6.07) is 3.88. The molecule has 2 fully saturated rings. The van der Waals surface area contributed by atoms with Crippen LogP contribution in [0.5, 0.6) is 0 Å². The van der Waals surface area contributed by atoms with E-state index in [4.69, 9.17) is 4.52 Å². The molecule has 0 radical (unpaired) electrons. The van der Waals surface area contributed by atoms with Crippen LogP contribution in [0.1, 0.15) is 43.9 Å². The fraction of sp³-hybridized carbons (Fsp3) is 0.500. The summed E-state index contributed by atoms with van der Waals surface area (Å²) >= 11 is 0. The molecule has 0 aromatic carbocycles. The van der Waals surface area contributed by atoms with E-state index in [1.54, 1.807) is 6.33 Å². The maximum atomic E-state index is 5.56. The molecule has 22 heavy (non-hydrogen) atoms. The van der Waals surface area contributed by atoms with Gasteiger partial charge >= 0.3 is 0 Å². The van der Waals surface area contributed by atoms with Crippen molar-refractivity contribution in [1.82, 2.24) is 24.7 Å². The zero-order chi connectivity index (χ0) is 14.5. The molecule has 3 atom stereocenters. The summed E-state index contributed by atoms with van der Waals surface area (Å²) in [5.74, 6) is 3.61. The molecular weight excluding hydrogens is 278 g/mol. The highest BCUT2D eigenvalue weighted by molar-refractivity contribution is 5.56. The van der Waals surface area contributed by atoms with Crippen molar-refractivity contribution in [3.63, 3.8) is 0 Å². The van der Waals surface area contributed by atoms with Gasteiger partial charge in [-0.15, -0.1) is 10.2 Å². The Morgan fingerprint density at radius 1 is 1.18 bits per heavy atom. The van der Waals surface area contributed by atoms with Crippen molar-refractivity contribution in [3.8, 4) is 11.4 Å². The number of pyridine rings is 1. The maximum Gasteiger partial charge on any atom is 0.230 e. The van der Waals surface area contributed by atoms with E-state index < -0.39 is 0 Å². The first-order valence-corrected chi connectivity index (χ1v) is 8.02. The molecule has 0 aliphatic heterocycles. The minimum Gasteiger partial charge on any atom is -0.339 e. The molecule has 0 saturated heterocycles. The highest BCUT2D eigenvalue weighted by Gasteiger charge is 2.45. The molecule has 3 heterocycles. The van der Waals surface area contributed by atoms with Gasteiger partial charge in [-0.2, -0.15) is 4.98 Å². The average Bonchev–Trinajstić information content (AvgIpc) is 3.16. The molecule has 0 unspecified atom stereocenters. The van der Waals surface area contributed by atoms with Gasteiger partial charge in [-0.25, -0.2) is 0 Å². The van der Waals surface area contributed by atoms with E-state index in [1.807, 2.05) is 22.7 Å². The summed E-state index contributed by atoms with van der Waals surface area (Å²) in [6.07, 6.45) is 10.3. The summed E-state index contributed by atoms with van der Waals surface area (Å²) in [5.41, 5.74) is 1.75. The van der Waals surface area contributed by atoms with E-state index in [1.165, 1.54) is 32.1 Å². The minimum atomic E-state index is 0.477. The Bertz CT molecular complexity index is 823. The standard InChI is InChI=1S/C16H17N5O/c1-2-4-12-10(3-1)7-13(12)16-18-15(20-22-16)11-5-6-14-19-17-9-21(14)8-11/h5-6,8-10,12-13H,1-4,7H2/t10-,12-,13+/m1/s1. The largest absolute Gasteiger partial charge is 0.339 e. The van der Waals surface area contributed by atoms with E-state index in [2.05, 4.69) is 20.3 Å². The summed E-state index contributed by atoms with van der Waals surface area (Å²) < 4.78 is 7.43. The minimum absolute atomic E-state index is 0.477. The Hall–Kier alpha value is -2.24. The van der Waals surface area contributed by atoms with Gasteiger partial charge in [-0.1, -0.05) is 24.4 Å². The Morgan fingerprint density at radius 2 is 2.14 bits per heavy atom. The van der Waals surface area contributed by atoms with Gasteiger partial charge in [-0.05, 0) is 36.8 Å². The third-order valence-corrected chi connectivity index (χ3v) is 5.35. The number of fused-ring (bicyclic) bond motifs is 2. The number of nitrogens with zero attached hydrogens (tertiary/aromatic N) is 5. The number of aromatic nitrogens is 5. The molecule has 2 aliphatic rings. The molecular formula is C16H17N5O. The fourth-order valence-corrected chi connectivity index (χ4v) is 4.11. The van der Waals surface area contributed by atoms with Gasteiger partial charge in [0.15, 0.2) is 5.65 Å². The van der Waals surface area contributed by atoms with Gasteiger partial charge in [0.2, 0.25) is 11.7 Å². The van der Waals surface area contributed by atoms with E-state index in [0.29, 0.717) is 11.7 Å². The maximum absolute atomic E-state index is 5.56. The molecule has 112 valence electrons. The van der Waals surface area contributed by atoms with Crippen LogP contribution in [0.3, 0.4) is 0 Å². The van der Waals surface area contributed by atoms with Crippen molar-refractivity contribution in [3.05, 3.63) is 30.5 Å². The predicted octanol–water partition coefficient (Wildman–Crippen LogP) is 3.07. The van der Waals surface area contributed by atoms with Crippen molar-refractivity contribution in [2.75, 3.05) is 0 Å². The molecule has 2 saturated carbocycles. The lowest BCUT2D eigenvalue weighted by atomic mass is 9.58. The molecule has 6 nitrogen and oxygen atoms in total. The van der Waals surface area contributed by atoms with Crippen LogP contribution in [0, 0.1) is 11.8 Å². The smallest absolute Gasteiger partial charge is 0.230 e. The lowest BCUT2D eigenvalue weighted by molar-refractivity contribution is 0.0601. The number of hydrogen-bond donors (Lipinski definition) is 0. The third kappa shape index (κ3) is 1.79. The highest BCUT2D eigenvalue weighted by Crippen LogP contribution is 2.53. The van der Waals surface area contributed by atoms with Crippen LogP contribution in [-0.4, -0.2) is 24.7 Å². The van der Waals surface area contributed by atoms with Crippen LogP contribution in [0.15, 0.2) is 29.2 Å². The van der Waals surface area contributed by atoms with Crippen LogP contribution in [-0.2, 0) is 0 Å². The molecule has 0 amide bonds. The number of hydrogen-bond acceptors (Lipinski definition) is 5. The first kappa shape index (κ1) is 12.3. The van der Waals surface area contributed by atoms with Gasteiger partial charge < -0.3 is 4.52 Å². The second-order valence-corrected chi connectivity index (χ2v) is 6.52. The zero-order valence-electron chi connectivity index (χ0n) is 12.2. The van der Waals surface area contributed by atoms with Crippen molar-refractivity contribution >= 4 is 5.65 Å². The Balaban J connectivity index is 1.44.